The number of carbonyl (C=O) groups excluding carboxylic acids is 1. The summed E-state index contributed by atoms with van der Waals surface area (Å²) in [7, 11) is 1.78. The fourth-order valence-corrected chi connectivity index (χ4v) is 2.97. The predicted molar refractivity (Wildman–Crippen MR) is 93.0 cm³/mol. The van der Waals surface area contributed by atoms with E-state index in [4.69, 9.17) is 4.74 Å². The average Bonchev–Trinajstić information content (AvgIpc) is 2.86. The van der Waals surface area contributed by atoms with Crippen molar-refractivity contribution in [3.05, 3.63) is 47.3 Å². The minimum absolute atomic E-state index is 0.116. The van der Waals surface area contributed by atoms with E-state index in [2.05, 4.69) is 10.4 Å². The normalized spacial score (nSPS) is 14.2. The maximum atomic E-state index is 12.2. The van der Waals surface area contributed by atoms with Crippen LogP contribution in [0.5, 0.6) is 5.75 Å². The lowest BCUT2D eigenvalue weighted by Gasteiger charge is -2.25. The first-order valence-electron chi connectivity index (χ1n) is 8.62. The zero-order valence-electron chi connectivity index (χ0n) is 14.4. The van der Waals surface area contributed by atoms with Crippen molar-refractivity contribution in [1.82, 2.24) is 15.1 Å². The van der Waals surface area contributed by atoms with Crippen LogP contribution in [0.25, 0.3) is 0 Å². The standard InChI is InChI=1S/C19H25N3O2/c1-14-11-18(22(2)21-14)19(23)20-13-16-7-4-8-17(12-16)24-10-9-15-5-3-6-15/h4,7-8,11-12,15H,3,5-6,9-10,13H2,1-2H3,(H,20,23). The lowest BCUT2D eigenvalue weighted by molar-refractivity contribution is 0.0941. The van der Waals surface area contributed by atoms with Gasteiger partial charge in [-0.15, -0.1) is 0 Å². The Bertz CT molecular complexity index is 704. The van der Waals surface area contributed by atoms with Crippen molar-refractivity contribution in [2.45, 2.75) is 39.2 Å². The highest BCUT2D eigenvalue weighted by Crippen LogP contribution is 2.29. The Morgan fingerprint density at radius 2 is 2.21 bits per heavy atom. The molecule has 0 atom stereocenters. The Morgan fingerprint density at radius 1 is 1.38 bits per heavy atom. The summed E-state index contributed by atoms with van der Waals surface area (Å²) in [4.78, 5) is 12.2. The van der Waals surface area contributed by atoms with E-state index < -0.39 is 0 Å². The lowest BCUT2D eigenvalue weighted by Crippen LogP contribution is -2.25. The molecule has 1 saturated carbocycles. The van der Waals surface area contributed by atoms with E-state index in [1.807, 2.05) is 31.2 Å². The fourth-order valence-electron chi connectivity index (χ4n) is 2.97. The van der Waals surface area contributed by atoms with Crippen LogP contribution in [-0.4, -0.2) is 22.3 Å². The second kappa shape index (κ2) is 7.51. The van der Waals surface area contributed by atoms with E-state index in [9.17, 15) is 4.79 Å². The molecule has 0 bridgehead atoms. The summed E-state index contributed by atoms with van der Waals surface area (Å²) >= 11 is 0. The number of hydrogen-bond donors (Lipinski definition) is 1. The van der Waals surface area contributed by atoms with Crippen molar-refractivity contribution in [1.29, 1.82) is 0 Å². The maximum absolute atomic E-state index is 12.2. The summed E-state index contributed by atoms with van der Waals surface area (Å²) in [5.41, 5.74) is 2.44. The molecule has 1 aromatic heterocycles. The molecule has 0 unspecified atom stereocenters. The first-order valence-corrected chi connectivity index (χ1v) is 8.62. The van der Waals surface area contributed by atoms with Crippen molar-refractivity contribution < 1.29 is 9.53 Å². The molecule has 1 aliphatic carbocycles. The quantitative estimate of drug-likeness (QED) is 0.849. The van der Waals surface area contributed by atoms with Gasteiger partial charge in [0.2, 0.25) is 0 Å². The molecule has 0 spiro atoms. The van der Waals surface area contributed by atoms with E-state index >= 15 is 0 Å². The molecule has 1 amide bonds. The van der Waals surface area contributed by atoms with Crippen molar-refractivity contribution in [2.24, 2.45) is 13.0 Å². The molecule has 1 N–H and O–H groups in total. The molecular formula is C19H25N3O2. The summed E-state index contributed by atoms with van der Waals surface area (Å²) < 4.78 is 7.44. The third-order valence-corrected chi connectivity index (χ3v) is 4.61. The monoisotopic (exact) mass is 327 g/mol. The maximum Gasteiger partial charge on any atom is 0.269 e. The van der Waals surface area contributed by atoms with Gasteiger partial charge in [-0.2, -0.15) is 5.10 Å². The van der Waals surface area contributed by atoms with Crippen molar-refractivity contribution in [3.8, 4) is 5.75 Å². The molecule has 1 fully saturated rings. The highest BCUT2D eigenvalue weighted by Gasteiger charge is 2.17. The Hall–Kier alpha value is -2.30. The van der Waals surface area contributed by atoms with E-state index in [1.165, 1.54) is 19.3 Å². The van der Waals surface area contributed by atoms with Gasteiger partial charge in [-0.25, -0.2) is 0 Å². The Kier molecular flexibility index (Phi) is 5.18. The molecule has 3 rings (SSSR count). The smallest absolute Gasteiger partial charge is 0.269 e. The average molecular weight is 327 g/mol. The zero-order chi connectivity index (χ0) is 16.9. The second-order valence-electron chi connectivity index (χ2n) is 6.56. The van der Waals surface area contributed by atoms with E-state index in [1.54, 1.807) is 17.8 Å². The van der Waals surface area contributed by atoms with Gasteiger partial charge in [-0.1, -0.05) is 31.4 Å². The molecular weight excluding hydrogens is 302 g/mol. The molecule has 1 heterocycles. The minimum Gasteiger partial charge on any atom is -0.494 e. The number of amides is 1. The van der Waals surface area contributed by atoms with Gasteiger partial charge in [0.15, 0.2) is 0 Å². The Morgan fingerprint density at radius 3 is 2.88 bits per heavy atom. The van der Waals surface area contributed by atoms with Gasteiger partial charge in [0.1, 0.15) is 11.4 Å². The number of nitrogens with one attached hydrogen (secondary N) is 1. The number of aromatic nitrogens is 2. The number of ether oxygens (including phenoxy) is 1. The Balaban J connectivity index is 1.50. The fraction of sp³-hybridized carbons (Fsp3) is 0.474. The van der Waals surface area contributed by atoms with Crippen LogP contribution in [0.1, 0.15) is 47.4 Å². The van der Waals surface area contributed by atoms with Crippen molar-refractivity contribution >= 4 is 5.91 Å². The summed E-state index contributed by atoms with van der Waals surface area (Å²) in [5.74, 6) is 1.61. The number of carbonyl (C=O) groups is 1. The van der Waals surface area contributed by atoms with Crippen LogP contribution < -0.4 is 10.1 Å². The summed E-state index contributed by atoms with van der Waals surface area (Å²) in [6.07, 6.45) is 5.21. The topological polar surface area (TPSA) is 56.1 Å². The molecule has 5 heteroatoms. The molecule has 2 aromatic rings. The SMILES string of the molecule is Cc1cc(C(=O)NCc2cccc(OCCC3CCC3)c2)n(C)n1. The number of rotatable bonds is 7. The van der Waals surface area contributed by atoms with Crippen LogP contribution in [0.3, 0.4) is 0 Å². The molecule has 0 saturated heterocycles. The van der Waals surface area contributed by atoms with E-state index in [0.717, 1.165) is 36.0 Å². The van der Waals surface area contributed by atoms with Gasteiger partial charge in [-0.05, 0) is 43.0 Å². The largest absolute Gasteiger partial charge is 0.494 e. The highest BCUT2D eigenvalue weighted by atomic mass is 16.5. The van der Waals surface area contributed by atoms with Gasteiger partial charge >= 0.3 is 0 Å². The lowest BCUT2D eigenvalue weighted by atomic mass is 9.83. The van der Waals surface area contributed by atoms with Gasteiger partial charge in [0.25, 0.3) is 5.91 Å². The molecule has 5 nitrogen and oxygen atoms in total. The number of nitrogens with zero attached hydrogens (tertiary/aromatic N) is 2. The zero-order valence-corrected chi connectivity index (χ0v) is 14.4. The van der Waals surface area contributed by atoms with Crippen LogP contribution in [0.2, 0.25) is 0 Å². The third-order valence-electron chi connectivity index (χ3n) is 4.61. The molecule has 0 aliphatic heterocycles. The van der Waals surface area contributed by atoms with Crippen LogP contribution in [-0.2, 0) is 13.6 Å². The van der Waals surface area contributed by atoms with E-state index in [-0.39, 0.29) is 5.91 Å². The number of hydrogen-bond acceptors (Lipinski definition) is 3. The predicted octanol–water partition coefficient (Wildman–Crippen LogP) is 3.23. The van der Waals surface area contributed by atoms with Gasteiger partial charge in [0, 0.05) is 13.6 Å². The van der Waals surface area contributed by atoms with Crippen molar-refractivity contribution in [3.63, 3.8) is 0 Å². The van der Waals surface area contributed by atoms with E-state index in [0.29, 0.717) is 12.2 Å². The third kappa shape index (κ3) is 4.16. The first kappa shape index (κ1) is 16.6. The molecule has 1 aromatic carbocycles. The molecule has 0 radical (unpaired) electrons. The highest BCUT2D eigenvalue weighted by molar-refractivity contribution is 5.92. The summed E-state index contributed by atoms with van der Waals surface area (Å²) in [5, 5.41) is 7.13. The number of aryl methyl sites for hydroxylation is 2. The summed E-state index contributed by atoms with van der Waals surface area (Å²) in [6, 6.07) is 9.71. The Labute approximate surface area is 143 Å². The van der Waals surface area contributed by atoms with Gasteiger partial charge in [0.05, 0.1) is 12.3 Å². The van der Waals surface area contributed by atoms with Crippen LogP contribution in [0.15, 0.2) is 30.3 Å². The summed E-state index contributed by atoms with van der Waals surface area (Å²) in [6.45, 7) is 3.12. The first-order chi connectivity index (χ1) is 11.6. The van der Waals surface area contributed by atoms with Crippen molar-refractivity contribution in [2.75, 3.05) is 6.61 Å². The second-order valence-corrected chi connectivity index (χ2v) is 6.56. The van der Waals surface area contributed by atoms with Crippen LogP contribution in [0, 0.1) is 12.8 Å². The number of benzene rings is 1. The van der Waals surface area contributed by atoms with Gasteiger partial charge in [-0.3, -0.25) is 9.48 Å². The van der Waals surface area contributed by atoms with Crippen LogP contribution >= 0.6 is 0 Å². The minimum atomic E-state index is -0.116. The molecule has 128 valence electrons. The van der Waals surface area contributed by atoms with Gasteiger partial charge < -0.3 is 10.1 Å². The van der Waals surface area contributed by atoms with Crippen LogP contribution in [0.4, 0.5) is 0 Å². The molecule has 24 heavy (non-hydrogen) atoms. The molecule has 1 aliphatic rings.